The zero-order valence-electron chi connectivity index (χ0n) is 13.6. The van der Waals surface area contributed by atoms with Gasteiger partial charge in [-0.2, -0.15) is 0 Å². The van der Waals surface area contributed by atoms with E-state index in [1.54, 1.807) is 0 Å². The van der Waals surface area contributed by atoms with Crippen LogP contribution >= 0.6 is 0 Å². The van der Waals surface area contributed by atoms with Gasteiger partial charge in [0.05, 0.1) is 12.0 Å². The first kappa shape index (κ1) is 17.8. The Morgan fingerprint density at radius 2 is 1.78 bits per heavy atom. The van der Waals surface area contributed by atoms with Gasteiger partial charge in [-0.25, -0.2) is 8.42 Å². The number of carbonyl (C=O) groups is 1. The van der Waals surface area contributed by atoms with Gasteiger partial charge in [0, 0.05) is 0 Å². The molecule has 0 amide bonds. The molecule has 6 heteroatoms. The fourth-order valence-corrected chi connectivity index (χ4v) is 4.97. The number of hydrogen-bond donors (Lipinski definition) is 1. The first-order valence-electron chi connectivity index (χ1n) is 7.93. The summed E-state index contributed by atoms with van der Waals surface area (Å²) >= 11 is 0. The minimum Gasteiger partial charge on any atom is -0.497 e. The number of methoxy groups -OCH3 is 1. The predicted molar refractivity (Wildman–Crippen MR) is 87.4 cm³/mol. The number of aliphatic carboxylic acids is 1. The van der Waals surface area contributed by atoms with Crippen LogP contribution in [0.2, 0.25) is 0 Å². The molecule has 128 valence electrons. The average molecular weight is 340 g/mol. The molecule has 1 atom stereocenters. The molecular weight excluding hydrogens is 316 g/mol. The zero-order valence-corrected chi connectivity index (χ0v) is 14.4. The maximum Gasteiger partial charge on any atom is 0.325 e. The fraction of sp³-hybridized carbons (Fsp3) is 0.588. The summed E-state index contributed by atoms with van der Waals surface area (Å²) in [5.74, 6) is -0.593. The number of sulfone groups is 1. The number of carboxylic acids is 1. The van der Waals surface area contributed by atoms with Crippen LogP contribution in [0, 0.1) is 5.92 Å². The maximum absolute atomic E-state index is 12.9. The highest BCUT2D eigenvalue weighted by molar-refractivity contribution is 7.93. The van der Waals surface area contributed by atoms with Crippen LogP contribution in [0.4, 0.5) is 0 Å². The molecule has 1 aromatic rings. The van der Waals surface area contributed by atoms with E-state index in [1.165, 1.54) is 38.3 Å². The van der Waals surface area contributed by atoms with Crippen molar-refractivity contribution in [1.29, 1.82) is 0 Å². The smallest absolute Gasteiger partial charge is 0.325 e. The number of carboxylic acid groups (broad SMARTS) is 1. The summed E-state index contributed by atoms with van der Waals surface area (Å²) in [6.07, 6.45) is 5.20. The van der Waals surface area contributed by atoms with Crippen molar-refractivity contribution in [3.05, 3.63) is 24.3 Å². The van der Waals surface area contributed by atoms with E-state index < -0.39 is 20.6 Å². The third-order valence-corrected chi connectivity index (χ3v) is 7.24. The van der Waals surface area contributed by atoms with Crippen molar-refractivity contribution in [2.45, 2.75) is 55.1 Å². The Balaban J connectivity index is 2.34. The molecule has 0 unspecified atom stereocenters. The van der Waals surface area contributed by atoms with E-state index in [4.69, 9.17) is 4.74 Å². The molecule has 0 radical (unpaired) electrons. The Bertz CT molecular complexity index is 644. The van der Waals surface area contributed by atoms with Gasteiger partial charge in [0.1, 0.15) is 5.75 Å². The molecule has 0 spiro atoms. The van der Waals surface area contributed by atoms with E-state index in [0.717, 1.165) is 32.1 Å². The average Bonchev–Trinajstić information content (AvgIpc) is 2.55. The van der Waals surface area contributed by atoms with Gasteiger partial charge < -0.3 is 9.84 Å². The van der Waals surface area contributed by atoms with Gasteiger partial charge >= 0.3 is 5.97 Å². The summed E-state index contributed by atoms with van der Waals surface area (Å²) in [5.41, 5.74) is 0. The number of rotatable bonds is 6. The summed E-state index contributed by atoms with van der Waals surface area (Å²) < 4.78 is 29.1. The quantitative estimate of drug-likeness (QED) is 0.859. The Labute approximate surface area is 137 Å². The van der Waals surface area contributed by atoms with Gasteiger partial charge in [-0.3, -0.25) is 4.79 Å². The van der Waals surface area contributed by atoms with Crippen LogP contribution in [-0.2, 0) is 14.6 Å². The lowest BCUT2D eigenvalue weighted by molar-refractivity contribution is -0.140. The molecule has 1 aliphatic rings. The van der Waals surface area contributed by atoms with Crippen molar-refractivity contribution < 1.29 is 23.1 Å². The minimum absolute atomic E-state index is 0.0269. The Kier molecular flexibility index (Phi) is 5.34. The summed E-state index contributed by atoms with van der Waals surface area (Å²) in [6.45, 7) is 1.34. The van der Waals surface area contributed by atoms with Crippen LogP contribution in [0.25, 0.3) is 0 Å². The van der Waals surface area contributed by atoms with Crippen LogP contribution in [0.3, 0.4) is 0 Å². The van der Waals surface area contributed by atoms with Crippen molar-refractivity contribution >= 4 is 15.8 Å². The predicted octanol–water partition coefficient (Wildman–Crippen LogP) is 3.28. The van der Waals surface area contributed by atoms with Gasteiger partial charge in [0.25, 0.3) is 0 Å². The molecule has 0 bridgehead atoms. The molecule has 23 heavy (non-hydrogen) atoms. The highest BCUT2D eigenvalue weighted by atomic mass is 32.2. The normalized spacial score (nSPS) is 19.0. The molecule has 0 saturated heterocycles. The summed E-state index contributed by atoms with van der Waals surface area (Å²) in [5, 5.41) is 9.66. The molecule has 1 N–H and O–H groups in total. The van der Waals surface area contributed by atoms with E-state index in [2.05, 4.69) is 0 Å². The highest BCUT2D eigenvalue weighted by Gasteiger charge is 2.48. The van der Waals surface area contributed by atoms with Crippen LogP contribution < -0.4 is 4.74 Å². The summed E-state index contributed by atoms with van der Waals surface area (Å²) in [7, 11) is -2.49. The molecule has 1 aromatic carbocycles. The molecule has 1 aliphatic carbocycles. The van der Waals surface area contributed by atoms with E-state index in [1.807, 2.05) is 0 Å². The van der Waals surface area contributed by atoms with Crippen molar-refractivity contribution in [2.24, 2.45) is 5.92 Å². The molecular formula is C17H24O5S. The lowest BCUT2D eigenvalue weighted by Gasteiger charge is -2.31. The second kappa shape index (κ2) is 6.91. The monoisotopic (exact) mass is 340 g/mol. The lowest BCUT2D eigenvalue weighted by atomic mass is 9.83. The van der Waals surface area contributed by atoms with Crippen LogP contribution in [0.15, 0.2) is 29.2 Å². The Morgan fingerprint density at radius 1 is 1.22 bits per heavy atom. The van der Waals surface area contributed by atoms with E-state index in [9.17, 15) is 18.3 Å². The third kappa shape index (κ3) is 3.52. The highest BCUT2D eigenvalue weighted by Crippen LogP contribution is 2.37. The SMILES string of the molecule is COc1ccc(S(=O)(=O)[C@](C)(CC2CCCCC2)C(=O)O)cc1. The van der Waals surface area contributed by atoms with Crippen LogP contribution in [0.1, 0.15) is 45.4 Å². The Hall–Kier alpha value is -1.56. The molecule has 5 nitrogen and oxygen atoms in total. The second-order valence-electron chi connectivity index (χ2n) is 6.42. The summed E-state index contributed by atoms with van der Waals surface area (Å²) in [6, 6.07) is 5.90. The van der Waals surface area contributed by atoms with Crippen LogP contribution in [-0.4, -0.2) is 31.4 Å². The number of hydrogen-bond acceptors (Lipinski definition) is 4. The molecule has 0 heterocycles. The fourth-order valence-electron chi connectivity index (χ4n) is 3.27. The van der Waals surface area contributed by atoms with E-state index in [-0.39, 0.29) is 17.2 Å². The largest absolute Gasteiger partial charge is 0.497 e. The van der Waals surface area contributed by atoms with E-state index >= 15 is 0 Å². The first-order chi connectivity index (χ1) is 10.8. The van der Waals surface area contributed by atoms with Crippen molar-refractivity contribution in [2.75, 3.05) is 7.11 Å². The first-order valence-corrected chi connectivity index (χ1v) is 9.41. The molecule has 0 aliphatic heterocycles. The lowest BCUT2D eigenvalue weighted by Crippen LogP contribution is -2.45. The Morgan fingerprint density at radius 3 is 2.26 bits per heavy atom. The molecule has 1 saturated carbocycles. The van der Waals surface area contributed by atoms with Crippen LogP contribution in [0.5, 0.6) is 5.75 Å². The standard InChI is InChI=1S/C17H24O5S/c1-17(16(18)19,12-13-6-4-3-5-7-13)23(20,21)15-10-8-14(22-2)9-11-15/h8-11,13H,3-7,12H2,1-2H3,(H,18,19)/t17-/m1/s1. The molecule has 2 rings (SSSR count). The number of benzene rings is 1. The summed E-state index contributed by atoms with van der Waals surface area (Å²) in [4.78, 5) is 11.9. The van der Waals surface area contributed by atoms with Crippen molar-refractivity contribution in [3.63, 3.8) is 0 Å². The third-order valence-electron chi connectivity index (χ3n) is 4.82. The van der Waals surface area contributed by atoms with Gasteiger partial charge in [-0.05, 0) is 43.5 Å². The van der Waals surface area contributed by atoms with Crippen molar-refractivity contribution in [1.82, 2.24) is 0 Å². The number of ether oxygens (including phenoxy) is 1. The minimum atomic E-state index is -3.98. The zero-order chi connectivity index (χ0) is 17.1. The van der Waals surface area contributed by atoms with E-state index in [0.29, 0.717) is 5.75 Å². The molecule has 0 aromatic heterocycles. The second-order valence-corrected chi connectivity index (χ2v) is 8.80. The van der Waals surface area contributed by atoms with Gasteiger partial charge in [-0.1, -0.05) is 32.1 Å². The van der Waals surface area contributed by atoms with Crippen molar-refractivity contribution in [3.8, 4) is 5.75 Å². The maximum atomic E-state index is 12.9. The van der Waals surface area contributed by atoms with Gasteiger partial charge in [0.2, 0.25) is 0 Å². The molecule has 1 fully saturated rings. The van der Waals surface area contributed by atoms with Gasteiger partial charge in [-0.15, -0.1) is 0 Å². The topological polar surface area (TPSA) is 80.7 Å². The van der Waals surface area contributed by atoms with Gasteiger partial charge in [0.15, 0.2) is 14.6 Å².